The topological polar surface area (TPSA) is 95.3 Å². The molecule has 1 aromatic carbocycles. The highest BCUT2D eigenvalue weighted by atomic mass is 16.4. The summed E-state index contributed by atoms with van der Waals surface area (Å²) in [6.45, 7) is -0.588. The van der Waals surface area contributed by atoms with Gasteiger partial charge in [0.25, 0.3) is 0 Å². The van der Waals surface area contributed by atoms with E-state index in [2.05, 4.69) is 10.3 Å². The second-order valence-electron chi connectivity index (χ2n) is 2.93. The maximum Gasteiger partial charge on any atom is 0.417 e. The van der Waals surface area contributed by atoms with Crippen LogP contribution >= 0.6 is 0 Å². The van der Waals surface area contributed by atoms with Crippen LogP contribution in [0.5, 0.6) is 0 Å². The standard InChI is InChI=1S/C9H8N2O4/c12-4-8(13)10-5-1-2-6-7(3-5)15-9(14)11-6/h1-3,12H,4H2,(H,10,13)(H,11,14). The summed E-state index contributed by atoms with van der Waals surface area (Å²) >= 11 is 0. The monoisotopic (exact) mass is 208 g/mol. The number of oxazole rings is 1. The average molecular weight is 208 g/mol. The highest BCUT2D eigenvalue weighted by molar-refractivity contribution is 5.93. The fourth-order valence-electron chi connectivity index (χ4n) is 1.22. The van der Waals surface area contributed by atoms with E-state index < -0.39 is 18.3 Å². The molecule has 0 saturated heterocycles. The summed E-state index contributed by atoms with van der Waals surface area (Å²) in [5.41, 5.74) is 1.38. The molecule has 1 amide bonds. The molecule has 2 rings (SSSR count). The Morgan fingerprint density at radius 2 is 2.33 bits per heavy atom. The van der Waals surface area contributed by atoms with Gasteiger partial charge >= 0.3 is 5.76 Å². The van der Waals surface area contributed by atoms with Gasteiger partial charge in [0.15, 0.2) is 5.58 Å². The first-order valence-corrected chi connectivity index (χ1v) is 4.22. The molecule has 0 radical (unpaired) electrons. The van der Waals surface area contributed by atoms with Gasteiger partial charge in [0.1, 0.15) is 6.61 Å². The Labute approximate surface area is 83.5 Å². The van der Waals surface area contributed by atoms with Crippen molar-refractivity contribution < 1.29 is 14.3 Å². The van der Waals surface area contributed by atoms with Gasteiger partial charge < -0.3 is 14.8 Å². The van der Waals surface area contributed by atoms with Crippen LogP contribution in [0.2, 0.25) is 0 Å². The second kappa shape index (κ2) is 3.58. The Bertz CT molecular complexity index is 554. The van der Waals surface area contributed by atoms with E-state index in [9.17, 15) is 9.59 Å². The van der Waals surface area contributed by atoms with Crippen molar-refractivity contribution in [2.24, 2.45) is 0 Å². The number of nitrogens with one attached hydrogen (secondary N) is 2. The third kappa shape index (κ3) is 1.89. The maximum absolute atomic E-state index is 10.9. The van der Waals surface area contributed by atoms with Crippen LogP contribution in [0.3, 0.4) is 0 Å². The number of aliphatic hydroxyl groups excluding tert-OH is 1. The first-order valence-electron chi connectivity index (χ1n) is 4.22. The Kier molecular flexibility index (Phi) is 2.26. The number of aliphatic hydroxyl groups is 1. The average Bonchev–Trinajstić information content (AvgIpc) is 2.57. The molecular weight excluding hydrogens is 200 g/mol. The molecule has 2 aromatic rings. The van der Waals surface area contributed by atoms with E-state index >= 15 is 0 Å². The molecular formula is C9H8N2O4. The zero-order valence-corrected chi connectivity index (χ0v) is 7.61. The molecule has 6 nitrogen and oxygen atoms in total. The Balaban J connectivity index is 2.38. The summed E-state index contributed by atoms with van der Waals surface area (Å²) < 4.78 is 4.80. The summed E-state index contributed by atoms with van der Waals surface area (Å²) in [5, 5.41) is 10.9. The molecule has 0 unspecified atom stereocenters. The van der Waals surface area contributed by atoms with Crippen LogP contribution in [0.4, 0.5) is 5.69 Å². The van der Waals surface area contributed by atoms with Crippen LogP contribution in [0.25, 0.3) is 11.1 Å². The first-order chi connectivity index (χ1) is 7.19. The minimum atomic E-state index is -0.588. The molecule has 1 heterocycles. The van der Waals surface area contributed by atoms with Crippen molar-refractivity contribution in [2.45, 2.75) is 0 Å². The normalized spacial score (nSPS) is 10.5. The molecule has 0 bridgehead atoms. The van der Waals surface area contributed by atoms with Crippen molar-refractivity contribution in [3.8, 4) is 0 Å². The number of rotatable bonds is 2. The van der Waals surface area contributed by atoms with Crippen molar-refractivity contribution >= 4 is 22.7 Å². The lowest BCUT2D eigenvalue weighted by Crippen LogP contribution is -2.15. The summed E-state index contributed by atoms with van der Waals surface area (Å²) in [6.07, 6.45) is 0. The lowest BCUT2D eigenvalue weighted by atomic mass is 10.3. The Morgan fingerprint density at radius 1 is 1.53 bits per heavy atom. The largest absolute Gasteiger partial charge is 0.417 e. The smallest absolute Gasteiger partial charge is 0.408 e. The first kappa shape index (κ1) is 9.47. The van der Waals surface area contributed by atoms with Crippen LogP contribution in [-0.2, 0) is 4.79 Å². The lowest BCUT2D eigenvalue weighted by molar-refractivity contribution is -0.118. The predicted molar refractivity (Wildman–Crippen MR) is 52.6 cm³/mol. The van der Waals surface area contributed by atoms with Crippen LogP contribution < -0.4 is 11.1 Å². The molecule has 0 saturated carbocycles. The van der Waals surface area contributed by atoms with Crippen LogP contribution in [0.15, 0.2) is 27.4 Å². The van der Waals surface area contributed by atoms with E-state index in [0.717, 1.165) is 0 Å². The Hall–Kier alpha value is -2.08. The van der Waals surface area contributed by atoms with Gasteiger partial charge in [0.05, 0.1) is 5.52 Å². The number of aromatic amines is 1. The number of hydrogen-bond donors (Lipinski definition) is 3. The number of amides is 1. The fourth-order valence-corrected chi connectivity index (χ4v) is 1.22. The molecule has 0 spiro atoms. The number of carbonyl (C=O) groups excluding carboxylic acids is 1. The molecule has 0 aliphatic carbocycles. The van der Waals surface area contributed by atoms with Gasteiger partial charge in [-0.25, -0.2) is 4.79 Å². The van der Waals surface area contributed by atoms with Gasteiger partial charge in [-0.3, -0.25) is 9.78 Å². The van der Waals surface area contributed by atoms with Crippen molar-refractivity contribution in [3.63, 3.8) is 0 Å². The maximum atomic E-state index is 10.9. The third-order valence-corrected chi connectivity index (χ3v) is 1.85. The summed E-state index contributed by atoms with van der Waals surface area (Å²) in [4.78, 5) is 24.2. The van der Waals surface area contributed by atoms with Crippen molar-refractivity contribution in [2.75, 3.05) is 11.9 Å². The molecule has 15 heavy (non-hydrogen) atoms. The van der Waals surface area contributed by atoms with E-state index in [1.165, 1.54) is 6.07 Å². The van der Waals surface area contributed by atoms with Crippen molar-refractivity contribution in [1.29, 1.82) is 0 Å². The number of anilines is 1. The minimum absolute atomic E-state index is 0.357. The van der Waals surface area contributed by atoms with Crippen LogP contribution in [0.1, 0.15) is 0 Å². The summed E-state index contributed by atoms with van der Waals surface area (Å²) in [5.74, 6) is -1.07. The molecule has 0 aliphatic heterocycles. The van der Waals surface area contributed by atoms with Crippen LogP contribution in [-0.4, -0.2) is 22.6 Å². The number of aromatic nitrogens is 1. The number of hydrogen-bond acceptors (Lipinski definition) is 4. The molecule has 6 heteroatoms. The molecule has 0 fully saturated rings. The fraction of sp³-hybridized carbons (Fsp3) is 0.111. The summed E-state index contributed by atoms with van der Waals surface area (Å²) in [6, 6.07) is 4.70. The van der Waals surface area contributed by atoms with Gasteiger partial charge in [0, 0.05) is 11.8 Å². The number of carbonyl (C=O) groups is 1. The van der Waals surface area contributed by atoms with Crippen LogP contribution in [0, 0.1) is 0 Å². The van der Waals surface area contributed by atoms with Gasteiger partial charge in [-0.05, 0) is 12.1 Å². The Morgan fingerprint density at radius 3 is 3.07 bits per heavy atom. The molecule has 1 aromatic heterocycles. The number of fused-ring (bicyclic) bond motifs is 1. The lowest BCUT2D eigenvalue weighted by Gasteiger charge is -2.01. The molecule has 0 atom stereocenters. The van der Waals surface area contributed by atoms with Gasteiger partial charge in [0.2, 0.25) is 5.91 Å². The van der Waals surface area contributed by atoms with E-state index in [1.807, 2.05) is 0 Å². The molecule has 0 aliphatic rings. The summed E-state index contributed by atoms with van der Waals surface area (Å²) in [7, 11) is 0. The van der Waals surface area contributed by atoms with Gasteiger partial charge in [-0.15, -0.1) is 0 Å². The highest BCUT2D eigenvalue weighted by Crippen LogP contribution is 2.15. The highest BCUT2D eigenvalue weighted by Gasteiger charge is 2.04. The van der Waals surface area contributed by atoms with Crippen molar-refractivity contribution in [3.05, 3.63) is 28.7 Å². The minimum Gasteiger partial charge on any atom is -0.408 e. The quantitative estimate of drug-likeness (QED) is 0.649. The van der Waals surface area contributed by atoms with E-state index in [1.54, 1.807) is 12.1 Å². The molecule has 78 valence electrons. The number of H-pyrrole nitrogens is 1. The zero-order valence-electron chi connectivity index (χ0n) is 7.61. The van der Waals surface area contributed by atoms with Crippen molar-refractivity contribution in [1.82, 2.24) is 4.98 Å². The van der Waals surface area contributed by atoms with Gasteiger partial charge in [-0.1, -0.05) is 0 Å². The number of benzene rings is 1. The van der Waals surface area contributed by atoms with E-state index in [4.69, 9.17) is 9.52 Å². The SMILES string of the molecule is O=C(CO)Nc1ccc2[nH]c(=O)oc2c1. The predicted octanol–water partition coefficient (Wildman–Crippen LogP) is 0.0519. The van der Waals surface area contributed by atoms with Gasteiger partial charge in [-0.2, -0.15) is 0 Å². The van der Waals surface area contributed by atoms with E-state index in [0.29, 0.717) is 16.8 Å². The third-order valence-electron chi connectivity index (χ3n) is 1.85. The zero-order chi connectivity index (χ0) is 10.8. The second-order valence-corrected chi connectivity index (χ2v) is 2.93. The molecule has 3 N–H and O–H groups in total. The van der Waals surface area contributed by atoms with E-state index in [-0.39, 0.29) is 0 Å².